The second-order valence-electron chi connectivity index (χ2n) is 8.78. The minimum atomic E-state index is -1.04. The predicted octanol–water partition coefficient (Wildman–Crippen LogP) is 4.61. The number of hydrogen-bond acceptors (Lipinski definition) is 9. The van der Waals surface area contributed by atoms with E-state index in [1.54, 1.807) is 67.8 Å². The maximum atomic E-state index is 13.6. The number of carbonyl (C=O) groups is 3. The average Bonchev–Trinajstić information content (AvgIpc) is 3.54. The molecule has 11 heteroatoms. The Bertz CT molecular complexity index is 1650. The number of aryl methyl sites for hydroxylation is 2. The van der Waals surface area contributed by atoms with Gasteiger partial charge in [0.05, 0.1) is 36.2 Å². The van der Waals surface area contributed by atoms with Crippen LogP contribution in [0.25, 0.3) is 11.4 Å². The topological polar surface area (TPSA) is 123 Å². The number of fused-ring (bicyclic) bond motifs is 1. The number of hydrogen-bond donors (Lipinski definition) is 1. The van der Waals surface area contributed by atoms with Crippen LogP contribution in [0.3, 0.4) is 0 Å². The van der Waals surface area contributed by atoms with Crippen molar-refractivity contribution in [2.45, 2.75) is 33.7 Å². The van der Waals surface area contributed by atoms with E-state index < -0.39 is 23.7 Å². The molecule has 0 saturated carbocycles. The van der Waals surface area contributed by atoms with Gasteiger partial charge >= 0.3 is 11.9 Å². The van der Waals surface area contributed by atoms with E-state index in [-0.39, 0.29) is 27.9 Å². The largest absolute Gasteiger partial charge is 0.505 e. The lowest BCUT2D eigenvalue weighted by Gasteiger charge is -2.23. The van der Waals surface area contributed by atoms with E-state index in [1.165, 1.54) is 4.90 Å². The Morgan fingerprint density at radius 1 is 1.05 bits per heavy atom. The summed E-state index contributed by atoms with van der Waals surface area (Å²) >= 11 is 0.955. The van der Waals surface area contributed by atoms with Crippen LogP contribution in [0.1, 0.15) is 52.2 Å². The third-order valence-corrected chi connectivity index (χ3v) is 7.45. The number of benzene rings is 1. The molecule has 1 aliphatic heterocycles. The lowest BCUT2D eigenvalue weighted by molar-refractivity contribution is -0.132. The Hall–Kier alpha value is -4.51. The zero-order chi connectivity index (χ0) is 27.8. The smallest absolute Gasteiger partial charge is 0.350 e. The van der Waals surface area contributed by atoms with Crippen LogP contribution in [-0.2, 0) is 14.3 Å². The van der Waals surface area contributed by atoms with Crippen LogP contribution in [-0.4, -0.2) is 50.3 Å². The van der Waals surface area contributed by atoms with Gasteiger partial charge in [0.2, 0.25) is 0 Å². The lowest BCUT2D eigenvalue weighted by Crippen LogP contribution is -2.29. The maximum Gasteiger partial charge on any atom is 0.350 e. The molecule has 4 heterocycles. The Labute approximate surface area is 228 Å². The number of imidazole rings is 1. The summed E-state index contributed by atoms with van der Waals surface area (Å²) in [7, 11) is 0. The highest BCUT2D eigenvalue weighted by atomic mass is 32.1. The van der Waals surface area contributed by atoms with E-state index in [2.05, 4.69) is 9.97 Å². The normalized spacial score (nSPS) is 16.7. The van der Waals surface area contributed by atoms with E-state index in [4.69, 9.17) is 9.47 Å². The molecule has 1 saturated heterocycles. The molecule has 0 aliphatic carbocycles. The fraction of sp³-hybridized carbons (Fsp3) is 0.250. The molecule has 1 aromatic carbocycles. The van der Waals surface area contributed by atoms with E-state index in [0.717, 1.165) is 11.3 Å². The van der Waals surface area contributed by atoms with Crippen molar-refractivity contribution in [3.8, 4) is 5.75 Å². The molecule has 0 bridgehead atoms. The molecule has 1 atom stereocenters. The van der Waals surface area contributed by atoms with Crippen molar-refractivity contribution in [2.24, 2.45) is 0 Å². The van der Waals surface area contributed by atoms with Gasteiger partial charge in [-0.25, -0.2) is 14.8 Å². The van der Waals surface area contributed by atoms with Crippen molar-refractivity contribution in [2.75, 3.05) is 18.1 Å². The zero-order valence-electron chi connectivity index (χ0n) is 21.8. The van der Waals surface area contributed by atoms with Crippen molar-refractivity contribution < 1.29 is 29.0 Å². The molecule has 5 rings (SSSR count). The molecule has 1 fully saturated rings. The molecule has 1 unspecified atom stereocenters. The summed E-state index contributed by atoms with van der Waals surface area (Å²) in [6.45, 7) is 7.49. The Morgan fingerprint density at radius 3 is 2.59 bits per heavy atom. The maximum absolute atomic E-state index is 13.6. The lowest BCUT2D eigenvalue weighted by atomic mass is 9.96. The number of ether oxygens (including phenoxy) is 2. The summed E-state index contributed by atoms with van der Waals surface area (Å²) in [6, 6.07) is 11.3. The number of amides is 1. The molecule has 39 heavy (non-hydrogen) atoms. The highest BCUT2D eigenvalue weighted by molar-refractivity contribution is 7.17. The molecule has 1 amide bonds. The van der Waals surface area contributed by atoms with Crippen molar-refractivity contribution in [3.63, 3.8) is 0 Å². The van der Waals surface area contributed by atoms with Crippen LogP contribution in [0, 0.1) is 13.8 Å². The Morgan fingerprint density at radius 2 is 1.85 bits per heavy atom. The van der Waals surface area contributed by atoms with E-state index >= 15 is 0 Å². The highest BCUT2D eigenvalue weighted by Gasteiger charge is 2.49. The van der Waals surface area contributed by atoms with Gasteiger partial charge in [0.15, 0.2) is 10.9 Å². The fourth-order valence-corrected chi connectivity index (χ4v) is 5.67. The first kappa shape index (κ1) is 26.1. The summed E-state index contributed by atoms with van der Waals surface area (Å²) in [5.41, 5.74) is 2.15. The van der Waals surface area contributed by atoms with E-state index in [0.29, 0.717) is 40.6 Å². The summed E-state index contributed by atoms with van der Waals surface area (Å²) in [6.07, 6.45) is 1.72. The predicted molar refractivity (Wildman–Crippen MR) is 145 cm³/mol. The highest BCUT2D eigenvalue weighted by Crippen LogP contribution is 2.44. The van der Waals surface area contributed by atoms with Crippen molar-refractivity contribution in [1.29, 1.82) is 0 Å². The number of aliphatic hydroxyl groups excluding tert-OH is 1. The number of anilines is 1. The van der Waals surface area contributed by atoms with Gasteiger partial charge in [-0.15, -0.1) is 0 Å². The summed E-state index contributed by atoms with van der Waals surface area (Å²) in [5.74, 6) is -2.15. The average molecular weight is 547 g/mol. The number of esters is 1. The summed E-state index contributed by atoms with van der Waals surface area (Å²) in [5, 5.41) is 11.8. The number of carbonyl (C=O) groups excluding carboxylic acids is 3. The number of pyridine rings is 1. The van der Waals surface area contributed by atoms with Gasteiger partial charge < -0.3 is 14.6 Å². The summed E-state index contributed by atoms with van der Waals surface area (Å²) in [4.78, 5) is 50.1. The number of ketones is 1. The molecular formula is C28H26N4O6S. The number of nitrogens with zero attached hydrogens (tertiary/aromatic N) is 4. The number of aliphatic hydroxyl groups is 1. The first-order valence-corrected chi connectivity index (χ1v) is 13.2. The first-order chi connectivity index (χ1) is 18.8. The van der Waals surface area contributed by atoms with Gasteiger partial charge in [0.1, 0.15) is 22.0 Å². The minimum absolute atomic E-state index is 0.118. The van der Waals surface area contributed by atoms with Crippen LogP contribution < -0.4 is 9.64 Å². The molecule has 200 valence electrons. The SMILES string of the molecule is CCOC(=O)c1sc(N2C(=O)C(=O)C(=C(O)c3c(C)nc4ccccn34)C2c2cccc(OCC)c2)nc1C. The van der Waals surface area contributed by atoms with Gasteiger partial charge in [-0.05, 0) is 57.5 Å². The van der Waals surface area contributed by atoms with Crippen LogP contribution in [0.2, 0.25) is 0 Å². The first-order valence-electron chi connectivity index (χ1n) is 12.4. The molecule has 4 aromatic rings. The molecule has 3 aromatic heterocycles. The number of rotatable bonds is 7. The second kappa shape index (κ2) is 10.3. The van der Waals surface area contributed by atoms with Crippen molar-refractivity contribution in [1.82, 2.24) is 14.4 Å². The Kier molecular flexibility index (Phi) is 6.92. The quantitative estimate of drug-likeness (QED) is 0.154. The van der Waals surface area contributed by atoms with Gasteiger partial charge in [0, 0.05) is 6.20 Å². The number of Topliss-reactive ketones (excluding diaryl/α,β-unsaturated/α-hetero) is 1. The minimum Gasteiger partial charge on any atom is -0.505 e. The van der Waals surface area contributed by atoms with Crippen LogP contribution in [0.15, 0.2) is 54.2 Å². The third kappa shape index (κ3) is 4.44. The molecular weight excluding hydrogens is 520 g/mol. The fourth-order valence-electron chi connectivity index (χ4n) is 4.68. The van der Waals surface area contributed by atoms with Crippen LogP contribution >= 0.6 is 11.3 Å². The van der Waals surface area contributed by atoms with Crippen LogP contribution in [0.5, 0.6) is 5.75 Å². The number of thiazole rings is 1. The van der Waals surface area contributed by atoms with Gasteiger partial charge in [-0.1, -0.05) is 29.5 Å². The monoisotopic (exact) mass is 546 g/mol. The second-order valence-corrected chi connectivity index (χ2v) is 9.76. The number of aromatic nitrogens is 3. The zero-order valence-corrected chi connectivity index (χ0v) is 22.6. The van der Waals surface area contributed by atoms with E-state index in [1.807, 2.05) is 13.0 Å². The van der Waals surface area contributed by atoms with Gasteiger partial charge in [0.25, 0.3) is 5.78 Å². The summed E-state index contributed by atoms with van der Waals surface area (Å²) < 4.78 is 12.5. The molecule has 1 aliphatic rings. The molecule has 0 radical (unpaired) electrons. The molecule has 0 spiro atoms. The standard InChI is InChI=1S/C28H26N4O6S/c1-5-37-18-11-9-10-17(14-18)22-20(23(33)21-15(3)29-19-12-7-8-13-31(19)21)24(34)26(35)32(22)28-30-16(4)25(39-28)27(36)38-6-2/h7-14,22,33H,5-6H2,1-4H3. The van der Waals surface area contributed by atoms with Crippen LogP contribution in [0.4, 0.5) is 5.13 Å². The van der Waals surface area contributed by atoms with Crippen molar-refractivity contribution in [3.05, 3.63) is 81.8 Å². The van der Waals surface area contributed by atoms with Gasteiger partial charge in [-0.3, -0.25) is 18.9 Å². The third-order valence-electron chi connectivity index (χ3n) is 6.31. The Balaban J connectivity index is 1.74. The van der Waals surface area contributed by atoms with Crippen molar-refractivity contribution >= 4 is 45.5 Å². The van der Waals surface area contributed by atoms with E-state index in [9.17, 15) is 19.5 Å². The molecule has 1 N–H and O–H groups in total. The molecule has 10 nitrogen and oxygen atoms in total. The van der Waals surface area contributed by atoms with Gasteiger partial charge in [-0.2, -0.15) is 0 Å².